The molecular weight excluding hydrogens is 354 g/mol. The highest BCUT2D eigenvalue weighted by atomic mass is 16.5. The fraction of sp³-hybridized carbons (Fsp3) is 0.130. The van der Waals surface area contributed by atoms with Gasteiger partial charge < -0.3 is 14.6 Å². The van der Waals surface area contributed by atoms with E-state index in [0.717, 1.165) is 16.7 Å². The fourth-order valence-corrected chi connectivity index (χ4v) is 2.66. The number of nitrogens with zero attached hydrogens (tertiary/aromatic N) is 1. The lowest BCUT2D eigenvalue weighted by Gasteiger charge is -2.07. The van der Waals surface area contributed by atoms with Crippen LogP contribution in [0, 0.1) is 0 Å². The molecule has 1 heterocycles. The van der Waals surface area contributed by atoms with Crippen LogP contribution in [0.3, 0.4) is 0 Å². The lowest BCUT2D eigenvalue weighted by Crippen LogP contribution is -2.00. The van der Waals surface area contributed by atoms with Crippen molar-refractivity contribution in [1.82, 2.24) is 4.98 Å². The molecular formula is C23H21NO4. The first-order chi connectivity index (χ1) is 13.6. The number of pyridine rings is 1. The molecule has 0 bridgehead atoms. The Hall–Kier alpha value is -3.60. The van der Waals surface area contributed by atoms with Gasteiger partial charge in [-0.15, -0.1) is 0 Å². The number of rotatable bonds is 8. The maximum Gasteiger partial charge on any atom is 0.160 e. The van der Waals surface area contributed by atoms with E-state index < -0.39 is 0 Å². The Morgan fingerprint density at radius 1 is 1.11 bits per heavy atom. The highest BCUT2D eigenvalue weighted by molar-refractivity contribution is 5.95. The summed E-state index contributed by atoms with van der Waals surface area (Å²) in [7, 11) is 1.49. The van der Waals surface area contributed by atoms with Crippen LogP contribution in [0.1, 0.15) is 16.7 Å². The van der Waals surface area contributed by atoms with Crippen LogP contribution in [-0.4, -0.2) is 23.0 Å². The van der Waals surface area contributed by atoms with Crippen LogP contribution in [0.4, 0.5) is 0 Å². The summed E-state index contributed by atoms with van der Waals surface area (Å²) in [5.74, 6) is 1.10. The van der Waals surface area contributed by atoms with E-state index in [1.54, 1.807) is 36.7 Å². The molecule has 0 aliphatic carbocycles. The van der Waals surface area contributed by atoms with E-state index in [9.17, 15) is 9.90 Å². The molecule has 0 saturated heterocycles. The summed E-state index contributed by atoms with van der Waals surface area (Å²) < 4.78 is 10.8. The summed E-state index contributed by atoms with van der Waals surface area (Å²) in [6.07, 6.45) is 6.92. The Morgan fingerprint density at radius 3 is 2.71 bits per heavy atom. The third kappa shape index (κ3) is 5.45. The smallest absolute Gasteiger partial charge is 0.160 e. The SMILES string of the molecule is COc1ccc(/C=C/C(=O)Cc2cccc(OCc3cccnc3)c2)cc1O. The lowest BCUT2D eigenvalue weighted by molar-refractivity contribution is -0.113. The van der Waals surface area contributed by atoms with Crippen LogP contribution >= 0.6 is 0 Å². The zero-order chi connectivity index (χ0) is 19.8. The lowest BCUT2D eigenvalue weighted by atomic mass is 10.1. The molecule has 1 N–H and O–H groups in total. The number of phenols is 1. The molecule has 3 aromatic rings. The molecule has 1 aromatic heterocycles. The second kappa shape index (κ2) is 9.37. The van der Waals surface area contributed by atoms with Crippen LogP contribution in [0.15, 0.2) is 73.1 Å². The van der Waals surface area contributed by atoms with Crippen molar-refractivity contribution in [2.45, 2.75) is 13.0 Å². The number of ether oxygens (including phenoxy) is 2. The first-order valence-electron chi connectivity index (χ1n) is 8.82. The van der Waals surface area contributed by atoms with Gasteiger partial charge in [0.2, 0.25) is 0 Å². The maximum atomic E-state index is 12.3. The van der Waals surface area contributed by atoms with Gasteiger partial charge in [-0.2, -0.15) is 0 Å². The molecule has 0 unspecified atom stereocenters. The van der Waals surface area contributed by atoms with Crippen molar-refractivity contribution < 1.29 is 19.4 Å². The maximum absolute atomic E-state index is 12.3. The Balaban J connectivity index is 1.58. The van der Waals surface area contributed by atoms with Crippen molar-refractivity contribution >= 4 is 11.9 Å². The minimum atomic E-state index is -0.0419. The molecule has 142 valence electrons. The molecule has 0 fully saturated rings. The second-order valence-electron chi connectivity index (χ2n) is 6.21. The molecule has 5 nitrogen and oxygen atoms in total. The molecule has 5 heteroatoms. The Morgan fingerprint density at radius 2 is 1.96 bits per heavy atom. The molecule has 0 spiro atoms. The van der Waals surface area contributed by atoms with Gasteiger partial charge in [-0.3, -0.25) is 9.78 Å². The number of ketones is 1. The fourth-order valence-electron chi connectivity index (χ4n) is 2.66. The molecule has 0 radical (unpaired) electrons. The largest absolute Gasteiger partial charge is 0.504 e. The van der Waals surface area contributed by atoms with Crippen LogP contribution in [-0.2, 0) is 17.8 Å². The van der Waals surface area contributed by atoms with Crippen LogP contribution < -0.4 is 9.47 Å². The molecule has 0 amide bonds. The molecule has 2 aromatic carbocycles. The summed E-state index contributed by atoms with van der Waals surface area (Å²) >= 11 is 0. The van der Waals surface area contributed by atoms with Crippen LogP contribution in [0.25, 0.3) is 6.08 Å². The first-order valence-corrected chi connectivity index (χ1v) is 8.82. The van der Waals surface area contributed by atoms with Crippen molar-refractivity contribution in [3.8, 4) is 17.2 Å². The van der Waals surface area contributed by atoms with Crippen molar-refractivity contribution in [3.63, 3.8) is 0 Å². The van der Waals surface area contributed by atoms with Gasteiger partial charge in [0.25, 0.3) is 0 Å². The van der Waals surface area contributed by atoms with Gasteiger partial charge in [0, 0.05) is 24.4 Å². The Kier molecular flexibility index (Phi) is 6.41. The number of methoxy groups -OCH3 is 1. The zero-order valence-electron chi connectivity index (χ0n) is 15.5. The van der Waals surface area contributed by atoms with E-state index in [4.69, 9.17) is 9.47 Å². The number of benzene rings is 2. The third-order valence-electron chi connectivity index (χ3n) is 4.07. The van der Waals surface area contributed by atoms with Crippen LogP contribution in [0.5, 0.6) is 17.2 Å². The Bertz CT molecular complexity index is 967. The topological polar surface area (TPSA) is 68.7 Å². The summed E-state index contributed by atoms with van der Waals surface area (Å²) in [6, 6.07) is 16.3. The number of carbonyl (C=O) groups is 1. The highest BCUT2D eigenvalue weighted by Gasteiger charge is 2.04. The number of carbonyl (C=O) groups excluding carboxylic acids is 1. The normalized spacial score (nSPS) is 10.8. The summed E-state index contributed by atoms with van der Waals surface area (Å²) in [5, 5.41) is 9.79. The van der Waals surface area contributed by atoms with Crippen molar-refractivity contribution in [2.24, 2.45) is 0 Å². The number of hydrogen-bond donors (Lipinski definition) is 1. The molecule has 0 saturated carbocycles. The van der Waals surface area contributed by atoms with Crippen molar-refractivity contribution in [2.75, 3.05) is 7.11 Å². The number of aromatic hydroxyl groups is 1. The molecule has 28 heavy (non-hydrogen) atoms. The van der Waals surface area contributed by atoms with E-state index >= 15 is 0 Å². The van der Waals surface area contributed by atoms with Gasteiger partial charge in [0.1, 0.15) is 12.4 Å². The quantitative estimate of drug-likeness (QED) is 0.598. The predicted octanol–water partition coefficient (Wildman–Crippen LogP) is 4.20. The van der Waals surface area contributed by atoms with E-state index in [0.29, 0.717) is 18.1 Å². The zero-order valence-corrected chi connectivity index (χ0v) is 15.5. The van der Waals surface area contributed by atoms with Gasteiger partial charge in [-0.05, 0) is 47.5 Å². The summed E-state index contributed by atoms with van der Waals surface area (Å²) in [6.45, 7) is 0.423. The second-order valence-corrected chi connectivity index (χ2v) is 6.21. The average molecular weight is 375 g/mol. The first kappa shape index (κ1) is 19.2. The molecule has 3 rings (SSSR count). The van der Waals surface area contributed by atoms with Gasteiger partial charge in [-0.25, -0.2) is 0 Å². The van der Waals surface area contributed by atoms with Gasteiger partial charge in [0.15, 0.2) is 17.3 Å². The molecule has 0 aliphatic rings. The number of phenolic OH excluding ortho intramolecular Hbond substituents is 1. The van der Waals surface area contributed by atoms with Crippen molar-refractivity contribution in [1.29, 1.82) is 0 Å². The number of allylic oxidation sites excluding steroid dienone is 1. The summed E-state index contributed by atoms with van der Waals surface area (Å²) in [5.41, 5.74) is 2.57. The number of aromatic nitrogens is 1. The van der Waals surface area contributed by atoms with Crippen LogP contribution in [0.2, 0.25) is 0 Å². The molecule has 0 aliphatic heterocycles. The monoisotopic (exact) mass is 375 g/mol. The van der Waals surface area contributed by atoms with Gasteiger partial charge in [-0.1, -0.05) is 30.3 Å². The molecule has 0 atom stereocenters. The van der Waals surface area contributed by atoms with Gasteiger partial charge in [0.05, 0.1) is 7.11 Å². The number of hydrogen-bond acceptors (Lipinski definition) is 5. The Labute approximate surface area is 163 Å². The van der Waals surface area contributed by atoms with Crippen molar-refractivity contribution in [3.05, 3.63) is 89.8 Å². The van der Waals surface area contributed by atoms with E-state index in [2.05, 4.69) is 4.98 Å². The predicted molar refractivity (Wildman–Crippen MR) is 107 cm³/mol. The standard InChI is InChI=1S/C23H21NO4/c1-27-23-10-8-17(14-22(23)26)7-9-20(25)12-18-4-2-6-21(13-18)28-16-19-5-3-11-24-15-19/h2-11,13-15,26H,12,16H2,1H3/b9-7+. The summed E-state index contributed by atoms with van der Waals surface area (Å²) in [4.78, 5) is 16.3. The van der Waals surface area contributed by atoms with E-state index in [1.807, 2.05) is 36.4 Å². The highest BCUT2D eigenvalue weighted by Crippen LogP contribution is 2.26. The van der Waals surface area contributed by atoms with E-state index in [-0.39, 0.29) is 18.0 Å². The third-order valence-corrected chi connectivity index (χ3v) is 4.07. The van der Waals surface area contributed by atoms with E-state index in [1.165, 1.54) is 13.2 Å². The average Bonchev–Trinajstić information content (AvgIpc) is 2.72. The minimum absolute atomic E-state index is 0.0376. The minimum Gasteiger partial charge on any atom is -0.504 e. The van der Waals surface area contributed by atoms with Gasteiger partial charge >= 0.3 is 0 Å².